The molecule has 2 rings (SSSR count). The van der Waals surface area contributed by atoms with Crippen molar-refractivity contribution in [2.75, 3.05) is 0 Å². The zero-order valence-electron chi connectivity index (χ0n) is 8.22. The fourth-order valence-corrected chi connectivity index (χ4v) is 1.60. The first-order valence-corrected chi connectivity index (χ1v) is 4.87. The molecule has 1 heterocycles. The van der Waals surface area contributed by atoms with Crippen molar-refractivity contribution in [3.05, 3.63) is 17.5 Å². The highest BCUT2D eigenvalue weighted by Crippen LogP contribution is 2.22. The number of H-pyrrole nitrogens is 1. The Hall–Kier alpha value is -0.790. The molecule has 2 nitrogen and oxygen atoms in total. The van der Waals surface area contributed by atoms with Crippen molar-refractivity contribution in [1.29, 1.82) is 0 Å². The molecule has 1 N–H and O–H groups in total. The summed E-state index contributed by atoms with van der Waals surface area (Å²) in [6, 6.07) is 0. The Morgan fingerprint density at radius 2 is 2.25 bits per heavy atom. The van der Waals surface area contributed by atoms with Crippen LogP contribution in [0.5, 0.6) is 0 Å². The van der Waals surface area contributed by atoms with Crippen molar-refractivity contribution in [3.63, 3.8) is 0 Å². The molecular weight excluding hydrogens is 148 g/mol. The van der Waals surface area contributed by atoms with Gasteiger partial charge < -0.3 is 0 Å². The SMILES string of the molecule is CC.CC1CCc2[nH]ncc2C1. The van der Waals surface area contributed by atoms with Crippen LogP contribution in [0.3, 0.4) is 0 Å². The number of aromatic amines is 1. The van der Waals surface area contributed by atoms with Crippen LogP contribution in [-0.2, 0) is 12.8 Å². The van der Waals surface area contributed by atoms with Crippen molar-refractivity contribution in [2.24, 2.45) is 5.92 Å². The van der Waals surface area contributed by atoms with Crippen LogP contribution in [0.1, 0.15) is 38.4 Å². The fraction of sp³-hybridized carbons (Fsp3) is 0.700. The van der Waals surface area contributed by atoms with E-state index in [1.54, 1.807) is 0 Å². The Morgan fingerprint density at radius 1 is 1.50 bits per heavy atom. The monoisotopic (exact) mass is 166 g/mol. The van der Waals surface area contributed by atoms with E-state index in [1.807, 2.05) is 20.0 Å². The van der Waals surface area contributed by atoms with E-state index in [4.69, 9.17) is 0 Å². The van der Waals surface area contributed by atoms with Crippen LogP contribution in [0.4, 0.5) is 0 Å². The Kier molecular flexibility index (Phi) is 3.32. The third kappa shape index (κ3) is 1.87. The predicted octanol–water partition coefficient (Wildman–Crippen LogP) is 2.56. The molecule has 0 spiro atoms. The summed E-state index contributed by atoms with van der Waals surface area (Å²) >= 11 is 0. The van der Waals surface area contributed by atoms with Gasteiger partial charge in [-0.1, -0.05) is 20.8 Å². The molecule has 0 aliphatic heterocycles. The second-order valence-corrected chi connectivity index (χ2v) is 3.22. The minimum absolute atomic E-state index is 0.852. The summed E-state index contributed by atoms with van der Waals surface area (Å²) in [6.45, 7) is 6.30. The third-order valence-corrected chi connectivity index (χ3v) is 2.26. The molecule has 12 heavy (non-hydrogen) atoms. The molecule has 1 aliphatic carbocycles. The molecule has 0 saturated heterocycles. The van der Waals surface area contributed by atoms with Gasteiger partial charge in [-0.15, -0.1) is 0 Å². The molecule has 0 radical (unpaired) electrons. The zero-order valence-corrected chi connectivity index (χ0v) is 8.22. The van der Waals surface area contributed by atoms with Crippen molar-refractivity contribution in [2.45, 2.75) is 40.0 Å². The van der Waals surface area contributed by atoms with E-state index >= 15 is 0 Å². The number of nitrogens with one attached hydrogen (secondary N) is 1. The van der Waals surface area contributed by atoms with Gasteiger partial charge in [0.25, 0.3) is 0 Å². The van der Waals surface area contributed by atoms with E-state index in [0.717, 1.165) is 5.92 Å². The van der Waals surface area contributed by atoms with Gasteiger partial charge in [-0.25, -0.2) is 0 Å². The zero-order chi connectivity index (χ0) is 8.97. The standard InChI is InChI=1S/C8H12N2.C2H6/c1-6-2-3-8-7(4-6)5-9-10-8;1-2/h5-6H,2-4H2,1H3,(H,9,10);1-2H3. The number of rotatable bonds is 0. The number of hydrogen-bond acceptors (Lipinski definition) is 1. The highest BCUT2D eigenvalue weighted by Gasteiger charge is 2.15. The van der Waals surface area contributed by atoms with Gasteiger partial charge in [-0.2, -0.15) is 5.10 Å². The van der Waals surface area contributed by atoms with E-state index in [0.29, 0.717) is 0 Å². The summed E-state index contributed by atoms with van der Waals surface area (Å²) in [5.41, 5.74) is 2.79. The molecule has 1 unspecified atom stereocenters. The average Bonchev–Trinajstić information content (AvgIpc) is 2.54. The second-order valence-electron chi connectivity index (χ2n) is 3.22. The van der Waals surface area contributed by atoms with E-state index < -0.39 is 0 Å². The summed E-state index contributed by atoms with van der Waals surface area (Å²) in [6.07, 6.45) is 5.68. The Bertz CT molecular complexity index is 227. The summed E-state index contributed by atoms with van der Waals surface area (Å²) in [5.74, 6) is 0.852. The van der Waals surface area contributed by atoms with Gasteiger partial charge in [0.1, 0.15) is 0 Å². The number of nitrogens with zero attached hydrogens (tertiary/aromatic N) is 1. The summed E-state index contributed by atoms with van der Waals surface area (Å²) in [4.78, 5) is 0. The molecule has 0 amide bonds. The van der Waals surface area contributed by atoms with Gasteiger partial charge >= 0.3 is 0 Å². The van der Waals surface area contributed by atoms with Crippen LogP contribution in [0.15, 0.2) is 6.20 Å². The largest absolute Gasteiger partial charge is 0.282 e. The van der Waals surface area contributed by atoms with Crippen LogP contribution in [-0.4, -0.2) is 10.2 Å². The average molecular weight is 166 g/mol. The van der Waals surface area contributed by atoms with Gasteiger partial charge in [0.15, 0.2) is 0 Å². The molecule has 0 saturated carbocycles. The Labute approximate surface area is 74.4 Å². The van der Waals surface area contributed by atoms with E-state index in [9.17, 15) is 0 Å². The summed E-state index contributed by atoms with van der Waals surface area (Å²) in [5, 5.41) is 7.04. The van der Waals surface area contributed by atoms with Crippen molar-refractivity contribution < 1.29 is 0 Å². The van der Waals surface area contributed by atoms with Crippen LogP contribution < -0.4 is 0 Å². The summed E-state index contributed by atoms with van der Waals surface area (Å²) < 4.78 is 0. The van der Waals surface area contributed by atoms with Gasteiger partial charge in [0, 0.05) is 5.69 Å². The van der Waals surface area contributed by atoms with Crippen molar-refractivity contribution in [3.8, 4) is 0 Å². The lowest BCUT2D eigenvalue weighted by Crippen LogP contribution is -2.09. The van der Waals surface area contributed by atoms with Crippen LogP contribution in [0.2, 0.25) is 0 Å². The quantitative estimate of drug-likeness (QED) is 0.630. The van der Waals surface area contributed by atoms with E-state index in [-0.39, 0.29) is 0 Å². The Morgan fingerprint density at radius 3 is 3.00 bits per heavy atom. The number of aryl methyl sites for hydroxylation is 1. The van der Waals surface area contributed by atoms with Gasteiger partial charge in [-0.05, 0) is 30.7 Å². The molecule has 1 aromatic heterocycles. The molecular formula is C10H18N2. The highest BCUT2D eigenvalue weighted by molar-refractivity contribution is 5.19. The first kappa shape index (κ1) is 9.30. The lowest BCUT2D eigenvalue weighted by atomic mass is 9.89. The van der Waals surface area contributed by atoms with Crippen LogP contribution in [0.25, 0.3) is 0 Å². The van der Waals surface area contributed by atoms with Gasteiger partial charge in [0.05, 0.1) is 6.20 Å². The fourth-order valence-electron chi connectivity index (χ4n) is 1.60. The van der Waals surface area contributed by atoms with Crippen molar-refractivity contribution >= 4 is 0 Å². The predicted molar refractivity (Wildman–Crippen MR) is 51.1 cm³/mol. The number of fused-ring (bicyclic) bond motifs is 1. The second kappa shape index (κ2) is 4.29. The third-order valence-electron chi connectivity index (χ3n) is 2.26. The lowest BCUT2D eigenvalue weighted by molar-refractivity contribution is 0.497. The molecule has 0 bridgehead atoms. The molecule has 1 atom stereocenters. The molecule has 1 aromatic rings. The first-order valence-electron chi connectivity index (χ1n) is 4.87. The smallest absolute Gasteiger partial charge is 0.0522 e. The molecule has 2 heteroatoms. The molecule has 68 valence electrons. The highest BCUT2D eigenvalue weighted by atomic mass is 15.1. The van der Waals surface area contributed by atoms with Crippen LogP contribution >= 0.6 is 0 Å². The van der Waals surface area contributed by atoms with E-state index in [2.05, 4.69) is 17.1 Å². The maximum absolute atomic E-state index is 4.01. The maximum atomic E-state index is 4.01. The lowest BCUT2D eigenvalue weighted by Gasteiger charge is -2.16. The minimum Gasteiger partial charge on any atom is -0.282 e. The van der Waals surface area contributed by atoms with Gasteiger partial charge in [-0.3, -0.25) is 5.10 Å². The Balaban J connectivity index is 0.000000336. The van der Waals surface area contributed by atoms with Gasteiger partial charge in [0.2, 0.25) is 0 Å². The molecule has 0 aromatic carbocycles. The number of aromatic nitrogens is 2. The minimum atomic E-state index is 0.852. The molecule has 1 aliphatic rings. The number of hydrogen-bond donors (Lipinski definition) is 1. The van der Waals surface area contributed by atoms with Crippen molar-refractivity contribution in [1.82, 2.24) is 10.2 Å². The van der Waals surface area contributed by atoms with E-state index in [1.165, 1.54) is 30.5 Å². The first-order chi connectivity index (χ1) is 5.86. The normalized spacial score (nSPS) is 20.8. The summed E-state index contributed by atoms with van der Waals surface area (Å²) in [7, 11) is 0. The van der Waals surface area contributed by atoms with Crippen LogP contribution in [0, 0.1) is 5.92 Å². The molecule has 0 fully saturated rings. The topological polar surface area (TPSA) is 28.7 Å². The maximum Gasteiger partial charge on any atom is 0.0522 e.